The van der Waals surface area contributed by atoms with E-state index in [9.17, 15) is 4.79 Å². The molecule has 6 heteroatoms. The second-order valence-corrected chi connectivity index (χ2v) is 8.48. The molecule has 1 spiro atoms. The van der Waals surface area contributed by atoms with Crippen LogP contribution in [0.15, 0.2) is 60.8 Å². The van der Waals surface area contributed by atoms with Crippen molar-refractivity contribution in [3.8, 4) is 16.9 Å². The molecule has 168 valence electrons. The van der Waals surface area contributed by atoms with E-state index >= 15 is 0 Å². The Bertz CT molecular complexity index is 1200. The summed E-state index contributed by atoms with van der Waals surface area (Å²) < 4.78 is 11.7. The third kappa shape index (κ3) is 4.21. The monoisotopic (exact) mass is 441 g/mol. The molecule has 0 N–H and O–H groups in total. The first-order valence-corrected chi connectivity index (χ1v) is 11.4. The Morgan fingerprint density at radius 1 is 1.12 bits per heavy atom. The molecule has 0 saturated carbocycles. The highest BCUT2D eigenvalue weighted by Crippen LogP contribution is 2.39. The van der Waals surface area contributed by atoms with Crippen molar-refractivity contribution >= 4 is 17.9 Å². The van der Waals surface area contributed by atoms with Crippen molar-refractivity contribution in [3.63, 3.8) is 0 Å². The predicted octanol–water partition coefficient (Wildman–Crippen LogP) is 5.07. The number of carbonyl (C=O) groups excluding carboxylic acids is 1. The van der Waals surface area contributed by atoms with Crippen molar-refractivity contribution in [2.75, 3.05) is 24.6 Å². The van der Waals surface area contributed by atoms with E-state index in [2.05, 4.69) is 69.5 Å². The zero-order chi connectivity index (χ0) is 22.8. The number of ether oxygens (including phenoxy) is 2. The van der Waals surface area contributed by atoms with Gasteiger partial charge in [0.15, 0.2) is 0 Å². The van der Waals surface area contributed by atoms with E-state index < -0.39 is 0 Å². The number of hydrogen-bond donors (Lipinski definition) is 0. The van der Waals surface area contributed by atoms with E-state index in [1.54, 1.807) is 13.1 Å². The first kappa shape index (κ1) is 21.2. The number of hydrogen-bond acceptors (Lipinski definition) is 6. The van der Waals surface area contributed by atoms with E-state index in [0.29, 0.717) is 23.8 Å². The lowest BCUT2D eigenvalue weighted by Gasteiger charge is -2.42. The molecule has 2 aliphatic heterocycles. The number of rotatable bonds is 4. The molecule has 0 unspecified atom stereocenters. The molecular weight excluding hydrogens is 414 g/mol. The number of carbonyl (C=O) groups is 1. The van der Waals surface area contributed by atoms with E-state index in [0.717, 1.165) is 37.2 Å². The van der Waals surface area contributed by atoms with Gasteiger partial charge in [0.2, 0.25) is 0 Å². The van der Waals surface area contributed by atoms with Gasteiger partial charge in [0, 0.05) is 37.7 Å². The minimum atomic E-state index is -0.384. The van der Waals surface area contributed by atoms with Crippen LogP contribution in [0.5, 0.6) is 5.75 Å². The number of esters is 1. The van der Waals surface area contributed by atoms with E-state index in [-0.39, 0.29) is 11.6 Å². The van der Waals surface area contributed by atoms with Gasteiger partial charge < -0.3 is 14.4 Å². The van der Waals surface area contributed by atoms with Crippen LogP contribution in [0.2, 0.25) is 0 Å². The van der Waals surface area contributed by atoms with Gasteiger partial charge in [0.1, 0.15) is 28.6 Å². The van der Waals surface area contributed by atoms with Gasteiger partial charge in [-0.3, -0.25) is 0 Å². The fourth-order valence-corrected chi connectivity index (χ4v) is 4.49. The molecule has 33 heavy (non-hydrogen) atoms. The highest BCUT2D eigenvalue weighted by Gasteiger charge is 2.38. The van der Waals surface area contributed by atoms with Gasteiger partial charge in [-0.15, -0.1) is 0 Å². The van der Waals surface area contributed by atoms with Crippen molar-refractivity contribution < 1.29 is 14.3 Å². The van der Waals surface area contributed by atoms with E-state index in [1.807, 2.05) is 13.0 Å². The Labute approximate surface area is 193 Å². The van der Waals surface area contributed by atoms with Crippen LogP contribution in [0.1, 0.15) is 41.5 Å². The van der Waals surface area contributed by atoms with Crippen molar-refractivity contribution in [2.45, 2.75) is 32.3 Å². The molecule has 5 rings (SSSR count). The third-order valence-corrected chi connectivity index (χ3v) is 6.29. The highest BCUT2D eigenvalue weighted by atomic mass is 16.5. The molecule has 1 aromatic heterocycles. The Kier molecular flexibility index (Phi) is 5.58. The first-order valence-electron chi connectivity index (χ1n) is 11.4. The average Bonchev–Trinajstić information content (AvgIpc) is 2.85. The van der Waals surface area contributed by atoms with Crippen molar-refractivity contribution in [2.24, 2.45) is 0 Å². The van der Waals surface area contributed by atoms with Gasteiger partial charge in [0.05, 0.1) is 6.61 Å². The van der Waals surface area contributed by atoms with Crippen molar-refractivity contribution in [1.29, 1.82) is 0 Å². The molecule has 0 radical (unpaired) electrons. The highest BCUT2D eigenvalue weighted by molar-refractivity contribution is 5.94. The number of nitrogens with zero attached hydrogens (tertiary/aromatic N) is 3. The molecule has 3 heterocycles. The molecule has 0 aliphatic carbocycles. The number of anilines is 1. The third-order valence-electron chi connectivity index (χ3n) is 6.29. The quantitative estimate of drug-likeness (QED) is 0.527. The molecule has 2 aliphatic rings. The summed E-state index contributed by atoms with van der Waals surface area (Å²) in [5.41, 5.74) is 3.54. The standard InChI is InChI=1S/C27H27N3O3/c1-3-32-26(31)23-18-28-19(2)29-25(23)30-15-13-27(14-16-30)12-11-22-17-21(9-10-24(22)33-27)20-7-5-4-6-8-20/h4-12,17-18H,3,13-16H2,1-2H3. The zero-order valence-electron chi connectivity index (χ0n) is 19.0. The Morgan fingerprint density at radius 2 is 1.91 bits per heavy atom. The average molecular weight is 442 g/mol. The van der Waals surface area contributed by atoms with Gasteiger partial charge in [-0.2, -0.15) is 0 Å². The Hall–Kier alpha value is -3.67. The number of fused-ring (bicyclic) bond motifs is 1. The number of aromatic nitrogens is 2. The van der Waals surface area contributed by atoms with Crippen LogP contribution in [-0.2, 0) is 4.74 Å². The van der Waals surface area contributed by atoms with Gasteiger partial charge >= 0.3 is 5.97 Å². The van der Waals surface area contributed by atoms with Crippen LogP contribution in [0.3, 0.4) is 0 Å². The topological polar surface area (TPSA) is 64.5 Å². The second kappa shape index (κ2) is 8.70. The van der Waals surface area contributed by atoms with Gasteiger partial charge in [0.25, 0.3) is 0 Å². The molecule has 2 aromatic carbocycles. The minimum Gasteiger partial charge on any atom is -0.482 e. The molecular formula is C27H27N3O3. The minimum absolute atomic E-state index is 0.319. The fraction of sp³-hybridized carbons (Fsp3) is 0.296. The SMILES string of the molecule is CCOC(=O)c1cnc(C)nc1N1CCC2(C=Cc3cc(-c4ccccc4)ccc3O2)CC1. The van der Waals surface area contributed by atoms with Crippen LogP contribution in [0.25, 0.3) is 17.2 Å². The zero-order valence-corrected chi connectivity index (χ0v) is 19.0. The maximum atomic E-state index is 12.4. The summed E-state index contributed by atoms with van der Waals surface area (Å²) in [5.74, 6) is 1.80. The van der Waals surface area contributed by atoms with Crippen LogP contribution in [-0.4, -0.2) is 41.2 Å². The number of benzene rings is 2. The lowest BCUT2D eigenvalue weighted by Crippen LogP contribution is -2.48. The summed E-state index contributed by atoms with van der Waals surface area (Å²) in [6, 6.07) is 16.7. The van der Waals surface area contributed by atoms with Crippen molar-refractivity contribution in [3.05, 3.63) is 77.8 Å². The van der Waals surface area contributed by atoms with Crippen LogP contribution >= 0.6 is 0 Å². The van der Waals surface area contributed by atoms with E-state index in [1.165, 1.54) is 11.1 Å². The second-order valence-electron chi connectivity index (χ2n) is 8.48. The smallest absolute Gasteiger partial charge is 0.343 e. The first-order chi connectivity index (χ1) is 16.1. The molecule has 0 amide bonds. The number of piperidine rings is 1. The Balaban J connectivity index is 1.33. The fourth-order valence-electron chi connectivity index (χ4n) is 4.49. The van der Waals surface area contributed by atoms with Crippen LogP contribution in [0.4, 0.5) is 5.82 Å². The summed E-state index contributed by atoms with van der Waals surface area (Å²) in [7, 11) is 0. The lowest BCUT2D eigenvalue weighted by atomic mass is 9.87. The van der Waals surface area contributed by atoms with Gasteiger partial charge in [-0.25, -0.2) is 14.8 Å². The largest absolute Gasteiger partial charge is 0.482 e. The molecule has 1 fully saturated rings. The molecule has 1 saturated heterocycles. The predicted molar refractivity (Wildman–Crippen MR) is 128 cm³/mol. The molecule has 0 atom stereocenters. The maximum Gasteiger partial charge on any atom is 0.343 e. The lowest BCUT2D eigenvalue weighted by molar-refractivity contribution is 0.0525. The van der Waals surface area contributed by atoms with Crippen LogP contribution in [0, 0.1) is 6.92 Å². The van der Waals surface area contributed by atoms with Gasteiger partial charge in [-0.05, 0) is 43.2 Å². The molecule has 6 nitrogen and oxygen atoms in total. The number of aryl methyl sites for hydroxylation is 1. The van der Waals surface area contributed by atoms with Crippen LogP contribution < -0.4 is 9.64 Å². The molecule has 3 aromatic rings. The summed E-state index contributed by atoms with van der Waals surface area (Å²) in [5, 5.41) is 0. The normalized spacial score (nSPS) is 16.2. The summed E-state index contributed by atoms with van der Waals surface area (Å²) in [6.07, 6.45) is 7.54. The van der Waals surface area contributed by atoms with E-state index in [4.69, 9.17) is 9.47 Å². The summed E-state index contributed by atoms with van der Waals surface area (Å²) in [6.45, 7) is 5.40. The Morgan fingerprint density at radius 3 is 2.67 bits per heavy atom. The molecule has 0 bridgehead atoms. The van der Waals surface area contributed by atoms with Crippen molar-refractivity contribution in [1.82, 2.24) is 9.97 Å². The summed E-state index contributed by atoms with van der Waals surface area (Å²) in [4.78, 5) is 23.3. The van der Waals surface area contributed by atoms with Gasteiger partial charge in [-0.1, -0.05) is 42.5 Å². The summed E-state index contributed by atoms with van der Waals surface area (Å²) >= 11 is 0. The maximum absolute atomic E-state index is 12.4.